The van der Waals surface area contributed by atoms with Crippen molar-refractivity contribution in [2.24, 2.45) is 0 Å². The van der Waals surface area contributed by atoms with Gasteiger partial charge in [0.05, 0.1) is 25.5 Å². The van der Waals surface area contributed by atoms with Crippen molar-refractivity contribution in [1.29, 1.82) is 0 Å². The van der Waals surface area contributed by atoms with Crippen LogP contribution in [0.5, 0.6) is 11.6 Å². The lowest BCUT2D eigenvalue weighted by Crippen LogP contribution is -2.31. The minimum atomic E-state index is -0.410. The quantitative estimate of drug-likeness (QED) is 0.547. The molecule has 0 bridgehead atoms. The average molecular weight is 366 g/mol. The third-order valence-electron chi connectivity index (χ3n) is 3.54. The van der Waals surface area contributed by atoms with Gasteiger partial charge in [0, 0.05) is 18.5 Å². The van der Waals surface area contributed by atoms with E-state index in [1.54, 1.807) is 31.5 Å². The number of methoxy groups -OCH3 is 2. The largest absolute Gasteiger partial charge is 0.495 e. The molecular weight excluding hydrogens is 348 g/mol. The molecule has 138 valence electrons. The van der Waals surface area contributed by atoms with Crippen molar-refractivity contribution in [2.75, 3.05) is 25.0 Å². The van der Waals surface area contributed by atoms with E-state index < -0.39 is 5.91 Å². The number of carbonyl (C=O) groups excluding carboxylic acids is 1. The van der Waals surface area contributed by atoms with E-state index in [1.807, 2.05) is 24.3 Å². The smallest absolute Gasteiger partial charge is 0.273 e. The van der Waals surface area contributed by atoms with Gasteiger partial charge in [0.25, 0.3) is 5.91 Å². The summed E-state index contributed by atoms with van der Waals surface area (Å²) < 4.78 is 10.3. The fourth-order valence-electron chi connectivity index (χ4n) is 2.26. The first-order valence-corrected chi connectivity index (χ1v) is 7.99. The molecule has 1 amide bonds. The standard InChI is InChI=1S/C18H18N6O3/c1-26-14-8-4-3-7-13(14)21-16-12(6-5-10-19-16)17(25)23-24-18-20-11-9-15(22-18)27-2/h3-11H,1-2H3,(H,19,21)(H,23,25)(H,20,22,24). The van der Waals surface area contributed by atoms with Gasteiger partial charge < -0.3 is 14.8 Å². The van der Waals surface area contributed by atoms with Crippen molar-refractivity contribution in [1.82, 2.24) is 20.4 Å². The van der Waals surface area contributed by atoms with E-state index in [9.17, 15) is 4.79 Å². The molecule has 1 aromatic carbocycles. The minimum Gasteiger partial charge on any atom is -0.495 e. The summed E-state index contributed by atoms with van der Waals surface area (Å²) in [6, 6.07) is 12.3. The second-order valence-corrected chi connectivity index (χ2v) is 5.23. The summed E-state index contributed by atoms with van der Waals surface area (Å²) >= 11 is 0. The summed E-state index contributed by atoms with van der Waals surface area (Å²) in [6.07, 6.45) is 3.10. The van der Waals surface area contributed by atoms with Crippen LogP contribution >= 0.6 is 0 Å². The molecule has 0 saturated carbocycles. The van der Waals surface area contributed by atoms with Gasteiger partial charge in [-0.15, -0.1) is 0 Å². The van der Waals surface area contributed by atoms with Crippen LogP contribution in [0, 0.1) is 0 Å². The lowest BCUT2D eigenvalue weighted by Gasteiger charge is -2.13. The number of nitrogens with one attached hydrogen (secondary N) is 3. The topological polar surface area (TPSA) is 110 Å². The number of ether oxygens (including phenoxy) is 2. The Morgan fingerprint density at radius 3 is 2.63 bits per heavy atom. The zero-order valence-corrected chi connectivity index (χ0v) is 14.8. The highest BCUT2D eigenvalue weighted by Gasteiger charge is 2.14. The number of benzene rings is 1. The molecule has 27 heavy (non-hydrogen) atoms. The highest BCUT2D eigenvalue weighted by atomic mass is 16.5. The number of para-hydroxylation sites is 2. The number of hydrogen-bond donors (Lipinski definition) is 3. The van der Waals surface area contributed by atoms with Crippen LogP contribution in [0.4, 0.5) is 17.5 Å². The molecule has 2 heterocycles. The van der Waals surface area contributed by atoms with E-state index in [0.29, 0.717) is 28.7 Å². The van der Waals surface area contributed by atoms with Gasteiger partial charge >= 0.3 is 0 Å². The molecule has 0 unspecified atom stereocenters. The van der Waals surface area contributed by atoms with E-state index in [-0.39, 0.29) is 5.95 Å². The Morgan fingerprint density at radius 1 is 0.963 bits per heavy atom. The molecule has 0 fully saturated rings. The lowest BCUT2D eigenvalue weighted by molar-refractivity contribution is 0.0962. The second kappa shape index (κ2) is 8.48. The summed E-state index contributed by atoms with van der Waals surface area (Å²) in [4.78, 5) is 24.9. The van der Waals surface area contributed by atoms with Gasteiger partial charge in [0.15, 0.2) is 0 Å². The first-order chi connectivity index (χ1) is 13.2. The summed E-state index contributed by atoms with van der Waals surface area (Å²) in [6.45, 7) is 0. The summed E-state index contributed by atoms with van der Waals surface area (Å²) in [5, 5.41) is 3.11. The van der Waals surface area contributed by atoms with Gasteiger partial charge in [0.1, 0.15) is 11.6 Å². The Morgan fingerprint density at radius 2 is 1.81 bits per heavy atom. The third-order valence-corrected chi connectivity index (χ3v) is 3.54. The summed E-state index contributed by atoms with van der Waals surface area (Å²) in [5.74, 6) is 1.18. The first kappa shape index (κ1) is 17.9. The summed E-state index contributed by atoms with van der Waals surface area (Å²) in [7, 11) is 3.07. The van der Waals surface area contributed by atoms with E-state index in [1.165, 1.54) is 13.3 Å². The molecule has 3 rings (SSSR count). The lowest BCUT2D eigenvalue weighted by atomic mass is 10.2. The third kappa shape index (κ3) is 4.40. The second-order valence-electron chi connectivity index (χ2n) is 5.23. The highest BCUT2D eigenvalue weighted by Crippen LogP contribution is 2.27. The maximum Gasteiger partial charge on any atom is 0.273 e. The first-order valence-electron chi connectivity index (χ1n) is 7.99. The van der Waals surface area contributed by atoms with Crippen molar-refractivity contribution in [3.63, 3.8) is 0 Å². The number of pyridine rings is 1. The van der Waals surface area contributed by atoms with E-state index in [4.69, 9.17) is 9.47 Å². The van der Waals surface area contributed by atoms with Gasteiger partial charge in [0.2, 0.25) is 11.8 Å². The molecule has 0 saturated heterocycles. The SMILES string of the molecule is COc1ccnc(NNC(=O)c2cccnc2Nc2ccccc2OC)n1. The molecule has 9 nitrogen and oxygen atoms in total. The molecule has 2 aromatic heterocycles. The average Bonchev–Trinajstić information content (AvgIpc) is 2.73. The predicted octanol–water partition coefficient (Wildman–Crippen LogP) is 2.39. The molecule has 0 spiro atoms. The number of amides is 1. The van der Waals surface area contributed by atoms with Crippen LogP contribution in [-0.4, -0.2) is 35.1 Å². The number of hydrogen-bond acceptors (Lipinski definition) is 8. The van der Waals surface area contributed by atoms with Gasteiger partial charge in [-0.25, -0.2) is 9.97 Å². The molecule has 0 aliphatic heterocycles. The predicted molar refractivity (Wildman–Crippen MR) is 100 cm³/mol. The minimum absolute atomic E-state index is 0.200. The summed E-state index contributed by atoms with van der Waals surface area (Å²) in [5.41, 5.74) is 6.21. The van der Waals surface area contributed by atoms with Crippen LogP contribution in [0.15, 0.2) is 54.9 Å². The van der Waals surface area contributed by atoms with Gasteiger partial charge in [-0.05, 0) is 24.3 Å². The van der Waals surface area contributed by atoms with Crippen LogP contribution in [0.25, 0.3) is 0 Å². The van der Waals surface area contributed by atoms with E-state index in [2.05, 4.69) is 31.1 Å². The van der Waals surface area contributed by atoms with Crippen LogP contribution < -0.4 is 25.6 Å². The molecule has 3 N–H and O–H groups in total. The van der Waals surface area contributed by atoms with Gasteiger partial charge in [-0.1, -0.05) is 12.1 Å². The molecule has 0 aliphatic carbocycles. The highest BCUT2D eigenvalue weighted by molar-refractivity contribution is 5.99. The van der Waals surface area contributed by atoms with Crippen molar-refractivity contribution in [2.45, 2.75) is 0 Å². The van der Waals surface area contributed by atoms with Crippen molar-refractivity contribution < 1.29 is 14.3 Å². The number of nitrogens with zero attached hydrogens (tertiary/aromatic N) is 3. The van der Waals surface area contributed by atoms with E-state index in [0.717, 1.165) is 0 Å². The molecule has 0 atom stereocenters. The van der Waals surface area contributed by atoms with Crippen LogP contribution in [0.3, 0.4) is 0 Å². The maximum atomic E-state index is 12.6. The molecule has 3 aromatic rings. The number of anilines is 3. The van der Waals surface area contributed by atoms with Crippen molar-refractivity contribution >= 4 is 23.4 Å². The molecular formula is C18H18N6O3. The molecule has 0 aliphatic rings. The number of rotatable bonds is 7. The zero-order chi connectivity index (χ0) is 19.1. The van der Waals surface area contributed by atoms with Crippen LogP contribution in [0.2, 0.25) is 0 Å². The number of carbonyl (C=O) groups is 1. The Balaban J connectivity index is 1.75. The van der Waals surface area contributed by atoms with Crippen molar-refractivity contribution in [3.8, 4) is 11.6 Å². The van der Waals surface area contributed by atoms with Gasteiger partial charge in [-0.3, -0.25) is 15.6 Å². The fraction of sp³-hybridized carbons (Fsp3) is 0.111. The Hall–Kier alpha value is -3.88. The fourth-order valence-corrected chi connectivity index (χ4v) is 2.26. The number of hydrazine groups is 1. The Bertz CT molecular complexity index is 934. The van der Waals surface area contributed by atoms with Crippen molar-refractivity contribution in [3.05, 3.63) is 60.4 Å². The maximum absolute atomic E-state index is 12.6. The Labute approximate surface area is 155 Å². The van der Waals surface area contributed by atoms with Crippen LogP contribution in [0.1, 0.15) is 10.4 Å². The van der Waals surface area contributed by atoms with Crippen LogP contribution in [-0.2, 0) is 0 Å². The number of aromatic nitrogens is 3. The Kier molecular flexibility index (Phi) is 5.63. The van der Waals surface area contributed by atoms with E-state index >= 15 is 0 Å². The molecule has 9 heteroatoms. The van der Waals surface area contributed by atoms with Gasteiger partial charge in [-0.2, -0.15) is 4.98 Å². The monoisotopic (exact) mass is 366 g/mol. The zero-order valence-electron chi connectivity index (χ0n) is 14.8. The normalized spacial score (nSPS) is 10.0. The molecule has 0 radical (unpaired) electrons.